The average Bonchev–Trinajstić information content (AvgIpc) is 2.99. The van der Waals surface area contributed by atoms with E-state index in [1.807, 2.05) is 12.3 Å². The van der Waals surface area contributed by atoms with Crippen LogP contribution in [-0.2, 0) is 0 Å². The van der Waals surface area contributed by atoms with Gasteiger partial charge in [-0.1, -0.05) is 12.5 Å². The first-order chi connectivity index (χ1) is 10.8. The molecule has 0 spiro atoms. The van der Waals surface area contributed by atoms with Crippen LogP contribution >= 0.6 is 0 Å². The molecule has 2 aliphatic rings. The van der Waals surface area contributed by atoms with E-state index in [2.05, 4.69) is 21.1 Å². The molecule has 1 aromatic carbocycles. The van der Waals surface area contributed by atoms with Crippen LogP contribution in [0.4, 0.5) is 4.39 Å². The molecular formula is C18H22FN3. The molecule has 116 valence electrons. The normalized spacial score (nSPS) is 21.2. The number of aromatic nitrogens is 1. The van der Waals surface area contributed by atoms with E-state index in [-0.39, 0.29) is 5.82 Å². The molecule has 0 unspecified atom stereocenters. The van der Waals surface area contributed by atoms with Crippen LogP contribution in [0.1, 0.15) is 31.2 Å². The van der Waals surface area contributed by atoms with Crippen molar-refractivity contribution < 1.29 is 4.39 Å². The molecule has 4 rings (SSSR count). The minimum atomic E-state index is -0.167. The number of benzene rings is 1. The lowest BCUT2D eigenvalue weighted by molar-refractivity contribution is -0.0304. The number of nitrogens with one attached hydrogen (secondary N) is 1. The lowest BCUT2D eigenvalue weighted by Crippen LogP contribution is -2.47. The Morgan fingerprint density at radius 1 is 1.00 bits per heavy atom. The Balaban J connectivity index is 1.55. The monoisotopic (exact) mass is 299 g/mol. The van der Waals surface area contributed by atoms with Crippen LogP contribution in [0.2, 0.25) is 0 Å². The minimum Gasteiger partial charge on any atom is -0.361 e. The molecule has 0 aliphatic carbocycles. The molecule has 1 N–H and O–H groups in total. The molecule has 1 aromatic heterocycles. The number of hydrazine groups is 1. The van der Waals surface area contributed by atoms with Gasteiger partial charge in [-0.3, -0.25) is 0 Å². The summed E-state index contributed by atoms with van der Waals surface area (Å²) in [6, 6.07) is 4.96. The maximum atomic E-state index is 13.5. The van der Waals surface area contributed by atoms with Crippen molar-refractivity contribution in [3.05, 3.63) is 41.9 Å². The molecule has 0 bridgehead atoms. The van der Waals surface area contributed by atoms with E-state index >= 15 is 0 Å². The van der Waals surface area contributed by atoms with Crippen molar-refractivity contribution in [2.24, 2.45) is 0 Å². The van der Waals surface area contributed by atoms with Crippen molar-refractivity contribution in [2.75, 3.05) is 26.2 Å². The Morgan fingerprint density at radius 2 is 1.86 bits per heavy atom. The van der Waals surface area contributed by atoms with E-state index in [1.54, 1.807) is 6.07 Å². The fourth-order valence-corrected chi connectivity index (χ4v) is 3.68. The first-order valence-electron chi connectivity index (χ1n) is 8.27. The highest BCUT2D eigenvalue weighted by Crippen LogP contribution is 2.30. The first-order valence-corrected chi connectivity index (χ1v) is 8.27. The number of H-pyrrole nitrogens is 1. The summed E-state index contributed by atoms with van der Waals surface area (Å²) in [6.45, 7) is 4.42. The Morgan fingerprint density at radius 3 is 2.64 bits per heavy atom. The molecule has 22 heavy (non-hydrogen) atoms. The van der Waals surface area contributed by atoms with E-state index in [0.29, 0.717) is 0 Å². The van der Waals surface area contributed by atoms with Gasteiger partial charge in [-0.15, -0.1) is 0 Å². The Kier molecular flexibility index (Phi) is 3.72. The van der Waals surface area contributed by atoms with Gasteiger partial charge in [0.2, 0.25) is 0 Å². The molecule has 0 amide bonds. The van der Waals surface area contributed by atoms with Crippen LogP contribution < -0.4 is 0 Å². The van der Waals surface area contributed by atoms with Crippen LogP contribution in [0.3, 0.4) is 0 Å². The number of aromatic amines is 1. The van der Waals surface area contributed by atoms with Crippen LogP contribution in [0, 0.1) is 5.82 Å². The molecular weight excluding hydrogens is 277 g/mol. The highest BCUT2D eigenvalue weighted by Gasteiger charge is 2.21. The van der Waals surface area contributed by atoms with Crippen molar-refractivity contribution in [2.45, 2.75) is 25.7 Å². The lowest BCUT2D eigenvalue weighted by atomic mass is 9.99. The molecule has 4 heteroatoms. The molecule has 0 atom stereocenters. The van der Waals surface area contributed by atoms with E-state index in [4.69, 9.17) is 0 Å². The number of hydrogen-bond acceptors (Lipinski definition) is 2. The predicted octanol–water partition coefficient (Wildman–Crippen LogP) is 3.80. The van der Waals surface area contributed by atoms with Gasteiger partial charge in [0.05, 0.1) is 0 Å². The van der Waals surface area contributed by atoms with Gasteiger partial charge >= 0.3 is 0 Å². The average molecular weight is 299 g/mol. The Labute approximate surface area is 130 Å². The molecule has 1 saturated heterocycles. The van der Waals surface area contributed by atoms with Crippen LogP contribution in [0.5, 0.6) is 0 Å². The summed E-state index contributed by atoms with van der Waals surface area (Å²) in [6.07, 6.45) is 9.36. The number of fused-ring (bicyclic) bond motifs is 1. The highest BCUT2D eigenvalue weighted by molar-refractivity contribution is 5.92. The van der Waals surface area contributed by atoms with E-state index in [9.17, 15) is 4.39 Å². The largest absolute Gasteiger partial charge is 0.361 e. The van der Waals surface area contributed by atoms with Gasteiger partial charge in [-0.2, -0.15) is 0 Å². The van der Waals surface area contributed by atoms with E-state index < -0.39 is 0 Å². The van der Waals surface area contributed by atoms with Crippen molar-refractivity contribution in [3.63, 3.8) is 0 Å². The number of rotatable bonds is 2. The second-order valence-corrected chi connectivity index (χ2v) is 6.30. The third-order valence-corrected chi connectivity index (χ3v) is 4.91. The first kappa shape index (κ1) is 14.0. The predicted molar refractivity (Wildman–Crippen MR) is 87.8 cm³/mol. The smallest absolute Gasteiger partial charge is 0.123 e. The minimum absolute atomic E-state index is 0.167. The lowest BCUT2D eigenvalue weighted by Gasteiger charge is -2.39. The quantitative estimate of drug-likeness (QED) is 0.911. The fraction of sp³-hybridized carbons (Fsp3) is 0.444. The summed E-state index contributed by atoms with van der Waals surface area (Å²) in [5.41, 5.74) is 3.51. The molecule has 2 aromatic rings. The zero-order valence-corrected chi connectivity index (χ0v) is 12.8. The van der Waals surface area contributed by atoms with Gasteiger partial charge in [-0.25, -0.2) is 14.4 Å². The van der Waals surface area contributed by atoms with Crippen molar-refractivity contribution >= 4 is 16.5 Å². The van der Waals surface area contributed by atoms with Gasteiger partial charge in [0, 0.05) is 48.8 Å². The second kappa shape index (κ2) is 5.86. The Bertz CT molecular complexity index is 697. The van der Waals surface area contributed by atoms with Gasteiger partial charge in [0.25, 0.3) is 0 Å². The van der Waals surface area contributed by atoms with E-state index in [0.717, 1.165) is 36.0 Å². The SMILES string of the molecule is Fc1ccc2[nH]cc(C3=CCN(N4CCCCC4)CC3)c2c1. The molecule has 0 saturated carbocycles. The number of nitrogens with zero attached hydrogens (tertiary/aromatic N) is 2. The third-order valence-electron chi connectivity index (χ3n) is 4.91. The van der Waals surface area contributed by atoms with Crippen LogP contribution in [0.25, 0.3) is 16.5 Å². The maximum absolute atomic E-state index is 13.5. The van der Waals surface area contributed by atoms with Crippen molar-refractivity contribution in [1.82, 2.24) is 15.0 Å². The summed E-state index contributed by atoms with van der Waals surface area (Å²) in [5.74, 6) is -0.167. The van der Waals surface area contributed by atoms with Gasteiger partial charge < -0.3 is 4.98 Å². The number of piperidine rings is 1. The standard InChI is InChI=1S/C18H22FN3/c19-15-4-5-18-16(12-15)17(13-20-18)14-6-10-22(11-7-14)21-8-2-1-3-9-21/h4-6,12-13,20H,1-3,7-11H2. The van der Waals surface area contributed by atoms with Gasteiger partial charge in [-0.05, 0) is 43.0 Å². The molecule has 3 nitrogen and oxygen atoms in total. The van der Waals surface area contributed by atoms with Gasteiger partial charge in [0.1, 0.15) is 5.82 Å². The summed E-state index contributed by atoms with van der Waals surface area (Å²) < 4.78 is 13.5. The maximum Gasteiger partial charge on any atom is 0.123 e. The fourth-order valence-electron chi connectivity index (χ4n) is 3.68. The second-order valence-electron chi connectivity index (χ2n) is 6.30. The van der Waals surface area contributed by atoms with E-state index in [1.165, 1.54) is 44.0 Å². The third kappa shape index (κ3) is 2.57. The summed E-state index contributed by atoms with van der Waals surface area (Å²) >= 11 is 0. The summed E-state index contributed by atoms with van der Waals surface area (Å²) in [4.78, 5) is 3.26. The zero-order chi connectivity index (χ0) is 14.9. The summed E-state index contributed by atoms with van der Waals surface area (Å²) in [7, 11) is 0. The molecule has 0 radical (unpaired) electrons. The van der Waals surface area contributed by atoms with Crippen LogP contribution in [-0.4, -0.2) is 41.2 Å². The zero-order valence-electron chi connectivity index (χ0n) is 12.8. The number of hydrogen-bond donors (Lipinski definition) is 1. The molecule has 1 fully saturated rings. The van der Waals surface area contributed by atoms with Gasteiger partial charge in [0.15, 0.2) is 0 Å². The number of halogens is 1. The highest BCUT2D eigenvalue weighted by atomic mass is 19.1. The van der Waals surface area contributed by atoms with Crippen LogP contribution in [0.15, 0.2) is 30.5 Å². The molecule has 2 aliphatic heterocycles. The topological polar surface area (TPSA) is 22.3 Å². The van der Waals surface area contributed by atoms with Crippen molar-refractivity contribution in [1.29, 1.82) is 0 Å². The Hall–Kier alpha value is -1.65. The summed E-state index contributed by atoms with van der Waals surface area (Å²) in [5, 5.41) is 5.97. The van der Waals surface area contributed by atoms with Crippen molar-refractivity contribution in [3.8, 4) is 0 Å². The molecule has 3 heterocycles.